The molecule has 0 amide bonds. The molecule has 1 aromatic carbocycles. The van der Waals surface area contributed by atoms with Gasteiger partial charge < -0.3 is 4.57 Å². The van der Waals surface area contributed by atoms with Crippen molar-refractivity contribution in [1.82, 2.24) is 14.3 Å². The van der Waals surface area contributed by atoms with Crippen molar-refractivity contribution in [3.63, 3.8) is 0 Å². The minimum Gasteiger partial charge on any atom is -0.347 e. The van der Waals surface area contributed by atoms with Crippen molar-refractivity contribution < 1.29 is 12.8 Å². The third kappa shape index (κ3) is 3.79. The molecule has 1 N–H and O–H groups in total. The Hall–Kier alpha value is -1.77. The number of hydrogen-bond acceptors (Lipinski definition) is 4. The van der Waals surface area contributed by atoms with Crippen LogP contribution in [0.5, 0.6) is 0 Å². The van der Waals surface area contributed by atoms with E-state index in [0.29, 0.717) is 17.2 Å². The minimum atomic E-state index is -3.28. The maximum Gasteiger partial charge on any atom is 0.214 e. The zero-order valence-corrected chi connectivity index (χ0v) is 16.9. The molecular weight excluding hydrogens is 385 g/mol. The van der Waals surface area contributed by atoms with Gasteiger partial charge in [-0.2, -0.15) is 0 Å². The third-order valence-electron chi connectivity index (χ3n) is 4.75. The normalized spacial score (nSPS) is 15.1. The van der Waals surface area contributed by atoms with Crippen LogP contribution in [0.4, 0.5) is 4.39 Å². The van der Waals surface area contributed by atoms with E-state index in [1.807, 2.05) is 17.6 Å². The Morgan fingerprint density at radius 3 is 2.78 bits per heavy atom. The predicted octanol–water partition coefficient (Wildman–Crippen LogP) is 4.14. The van der Waals surface area contributed by atoms with Gasteiger partial charge in [0.25, 0.3) is 0 Å². The van der Waals surface area contributed by atoms with Gasteiger partial charge in [-0.1, -0.05) is 13.8 Å². The number of nitrogens with one attached hydrogen (secondary N) is 1. The quantitative estimate of drug-likeness (QED) is 0.640. The number of hydrogen-bond donors (Lipinski definition) is 1. The molecule has 2 aromatic heterocycles. The number of aromatic nitrogens is 2. The van der Waals surface area contributed by atoms with Crippen molar-refractivity contribution in [3.05, 3.63) is 40.6 Å². The van der Waals surface area contributed by atoms with Crippen LogP contribution in [0.15, 0.2) is 29.2 Å². The number of thiazole rings is 1. The van der Waals surface area contributed by atoms with Gasteiger partial charge in [0.1, 0.15) is 5.82 Å². The lowest BCUT2D eigenvalue weighted by molar-refractivity contribution is 0.534. The Balaban J connectivity index is 1.76. The molecule has 1 aliphatic rings. The van der Waals surface area contributed by atoms with E-state index in [9.17, 15) is 12.8 Å². The van der Waals surface area contributed by atoms with Crippen LogP contribution in [0, 0.1) is 11.7 Å². The second-order valence-corrected chi connectivity index (χ2v) is 10.3. The highest BCUT2D eigenvalue weighted by molar-refractivity contribution is 7.90. The molecule has 1 saturated carbocycles. The van der Waals surface area contributed by atoms with E-state index < -0.39 is 10.0 Å². The maximum absolute atomic E-state index is 14.8. The van der Waals surface area contributed by atoms with Crippen LogP contribution >= 0.6 is 11.3 Å². The van der Waals surface area contributed by atoms with Crippen LogP contribution in [0.3, 0.4) is 0 Å². The summed E-state index contributed by atoms with van der Waals surface area (Å²) < 4.78 is 43.9. The van der Waals surface area contributed by atoms with E-state index in [2.05, 4.69) is 28.1 Å². The van der Waals surface area contributed by atoms with Gasteiger partial charge in [0.05, 0.1) is 16.5 Å². The molecule has 8 heteroatoms. The highest BCUT2D eigenvalue weighted by atomic mass is 32.2. The van der Waals surface area contributed by atoms with Crippen molar-refractivity contribution >= 4 is 32.3 Å². The second kappa shape index (κ2) is 7.00. The summed E-state index contributed by atoms with van der Waals surface area (Å²) in [6, 6.07) is 3.32. The summed E-state index contributed by atoms with van der Waals surface area (Å²) in [6.45, 7) is 5.18. The van der Waals surface area contributed by atoms with Crippen LogP contribution in [0.1, 0.15) is 32.3 Å². The zero-order chi connectivity index (χ0) is 19.2. The lowest BCUT2D eigenvalue weighted by Gasteiger charge is -2.09. The molecule has 0 atom stereocenters. The Bertz CT molecular complexity index is 1070. The molecule has 144 valence electrons. The molecule has 0 saturated heterocycles. The number of rotatable bonds is 7. The number of nitrogens with zero attached hydrogens (tertiary/aromatic N) is 2. The molecule has 0 bridgehead atoms. The van der Waals surface area contributed by atoms with Crippen molar-refractivity contribution in [2.75, 3.05) is 0 Å². The minimum absolute atomic E-state index is 0.177. The maximum atomic E-state index is 14.8. The lowest BCUT2D eigenvalue weighted by Crippen LogP contribution is -2.26. The molecule has 3 aromatic rings. The molecule has 0 radical (unpaired) electrons. The average Bonchev–Trinajstić information content (AvgIpc) is 3.25. The smallest absolute Gasteiger partial charge is 0.214 e. The summed E-state index contributed by atoms with van der Waals surface area (Å²) in [6.07, 6.45) is 3.37. The highest BCUT2D eigenvalue weighted by Gasteiger charge is 2.35. The van der Waals surface area contributed by atoms with Crippen LogP contribution < -0.4 is 4.72 Å². The van der Waals surface area contributed by atoms with Crippen molar-refractivity contribution in [1.29, 1.82) is 0 Å². The van der Waals surface area contributed by atoms with Gasteiger partial charge in [-0.15, -0.1) is 11.3 Å². The predicted molar refractivity (Wildman–Crippen MR) is 107 cm³/mol. The van der Waals surface area contributed by atoms with E-state index in [-0.39, 0.29) is 17.6 Å². The van der Waals surface area contributed by atoms with Crippen molar-refractivity contribution in [2.45, 2.75) is 45.0 Å². The molecule has 4 rings (SSSR count). The van der Waals surface area contributed by atoms with Crippen LogP contribution in [-0.2, 0) is 23.1 Å². The summed E-state index contributed by atoms with van der Waals surface area (Å²) in [7, 11) is -3.28. The van der Waals surface area contributed by atoms with Gasteiger partial charge in [-0.25, -0.2) is 22.5 Å². The molecule has 1 fully saturated rings. The van der Waals surface area contributed by atoms with Gasteiger partial charge in [0.2, 0.25) is 10.0 Å². The Morgan fingerprint density at radius 1 is 1.37 bits per heavy atom. The summed E-state index contributed by atoms with van der Waals surface area (Å²) in [4.78, 5) is 4.22. The molecular formula is C19H22FN3O2S2. The molecule has 0 unspecified atom stereocenters. The average molecular weight is 408 g/mol. The van der Waals surface area contributed by atoms with E-state index in [4.69, 9.17) is 0 Å². The number of sulfonamides is 1. The van der Waals surface area contributed by atoms with E-state index >= 15 is 0 Å². The molecule has 2 heterocycles. The van der Waals surface area contributed by atoms with Gasteiger partial charge >= 0.3 is 0 Å². The monoisotopic (exact) mass is 407 g/mol. The third-order valence-corrected chi connectivity index (χ3v) is 7.23. The second-order valence-electron chi connectivity index (χ2n) is 7.49. The Morgan fingerprint density at radius 2 is 2.15 bits per heavy atom. The SMILES string of the molecule is CC(C)Cn1cc(CNS(=O)(=O)C2CC2)c2cc(F)c(-c3cscn3)cc21. The topological polar surface area (TPSA) is 64.0 Å². The molecule has 27 heavy (non-hydrogen) atoms. The van der Waals surface area contributed by atoms with Gasteiger partial charge in [-0.3, -0.25) is 0 Å². The fourth-order valence-electron chi connectivity index (χ4n) is 3.29. The number of benzene rings is 1. The molecule has 0 spiro atoms. The summed E-state index contributed by atoms with van der Waals surface area (Å²) in [5, 5.41) is 2.30. The van der Waals surface area contributed by atoms with E-state index in [0.717, 1.165) is 35.9 Å². The lowest BCUT2D eigenvalue weighted by atomic mass is 10.1. The first-order chi connectivity index (χ1) is 12.8. The van der Waals surface area contributed by atoms with Gasteiger partial charge in [0, 0.05) is 41.1 Å². The highest BCUT2D eigenvalue weighted by Crippen LogP contribution is 2.32. The first-order valence-electron chi connectivity index (χ1n) is 9.03. The molecule has 1 aliphatic carbocycles. The fraction of sp³-hybridized carbons (Fsp3) is 0.421. The Kier molecular flexibility index (Phi) is 4.82. The number of halogens is 1. The van der Waals surface area contributed by atoms with Crippen LogP contribution in [0.2, 0.25) is 0 Å². The van der Waals surface area contributed by atoms with E-state index in [1.165, 1.54) is 17.4 Å². The first kappa shape index (κ1) is 18.6. The Labute approximate surface area is 162 Å². The summed E-state index contributed by atoms with van der Waals surface area (Å²) >= 11 is 1.43. The van der Waals surface area contributed by atoms with Crippen molar-refractivity contribution in [3.8, 4) is 11.3 Å². The first-order valence-corrected chi connectivity index (χ1v) is 11.5. The summed E-state index contributed by atoms with van der Waals surface area (Å²) in [5.74, 6) is 0.0615. The largest absolute Gasteiger partial charge is 0.347 e. The van der Waals surface area contributed by atoms with Crippen molar-refractivity contribution in [2.24, 2.45) is 5.92 Å². The summed E-state index contributed by atoms with van der Waals surface area (Å²) in [5.41, 5.74) is 4.46. The molecule has 0 aliphatic heterocycles. The van der Waals surface area contributed by atoms with E-state index in [1.54, 1.807) is 5.51 Å². The number of fused-ring (bicyclic) bond motifs is 1. The van der Waals surface area contributed by atoms with Crippen LogP contribution in [-0.4, -0.2) is 23.2 Å². The van der Waals surface area contributed by atoms with Gasteiger partial charge in [-0.05, 0) is 36.5 Å². The zero-order valence-electron chi connectivity index (χ0n) is 15.3. The molecule has 5 nitrogen and oxygen atoms in total. The van der Waals surface area contributed by atoms with Gasteiger partial charge in [0.15, 0.2) is 0 Å². The fourth-order valence-corrected chi connectivity index (χ4v) is 5.19. The van der Waals surface area contributed by atoms with Crippen LogP contribution in [0.25, 0.3) is 22.2 Å². The standard InChI is InChI=1S/C19H22FN3O2S2/c1-12(2)8-23-9-13(7-22-27(24,25)14-3-4-14)15-5-17(20)16(6-19(15)23)18-10-26-11-21-18/h5-6,9-12,14,22H,3-4,7-8H2,1-2H3.